The van der Waals surface area contributed by atoms with Crippen molar-refractivity contribution in [2.75, 3.05) is 11.9 Å². The zero-order valence-electron chi connectivity index (χ0n) is 14.3. The van der Waals surface area contributed by atoms with Crippen LogP contribution in [-0.4, -0.2) is 21.6 Å². The van der Waals surface area contributed by atoms with Gasteiger partial charge in [-0.05, 0) is 43.0 Å². The summed E-state index contributed by atoms with van der Waals surface area (Å²) in [5.74, 6) is 1.79. The summed E-state index contributed by atoms with van der Waals surface area (Å²) in [6, 6.07) is 8.33. The van der Waals surface area contributed by atoms with Crippen LogP contribution in [0.2, 0.25) is 0 Å². The van der Waals surface area contributed by atoms with Crippen molar-refractivity contribution in [3.8, 4) is 6.07 Å². The number of anilines is 1. The average molecular weight is 338 g/mol. The minimum absolute atomic E-state index is 0.280. The molecule has 5 heteroatoms. The van der Waals surface area contributed by atoms with Crippen molar-refractivity contribution in [2.45, 2.75) is 43.1 Å². The Morgan fingerprint density at radius 1 is 1.38 bits per heavy atom. The Morgan fingerprint density at radius 3 is 2.83 bits per heavy atom. The molecule has 1 saturated carbocycles. The second-order valence-electron chi connectivity index (χ2n) is 6.94. The van der Waals surface area contributed by atoms with Crippen LogP contribution in [0.1, 0.15) is 58.9 Å². The number of aryl methyl sites for hydroxylation is 2. The Bertz CT molecular complexity index is 829. The first-order chi connectivity index (χ1) is 11.6. The SMILES string of the molecule is Cc1cc(C#N)ccc1C1SC(C)CNc2c1c(C1CC1)nn2C. The van der Waals surface area contributed by atoms with Crippen molar-refractivity contribution < 1.29 is 0 Å². The van der Waals surface area contributed by atoms with Crippen molar-refractivity contribution >= 4 is 17.6 Å². The normalized spacial score (nSPS) is 23.1. The molecule has 1 aromatic heterocycles. The lowest BCUT2D eigenvalue weighted by molar-refractivity contribution is 0.744. The third-order valence-corrected chi connectivity index (χ3v) is 6.34. The van der Waals surface area contributed by atoms with E-state index in [4.69, 9.17) is 10.4 Å². The van der Waals surface area contributed by atoms with Crippen molar-refractivity contribution in [2.24, 2.45) is 7.05 Å². The fourth-order valence-corrected chi connectivity index (χ4v) is 4.97. The smallest absolute Gasteiger partial charge is 0.128 e. The van der Waals surface area contributed by atoms with E-state index in [0.29, 0.717) is 11.2 Å². The van der Waals surface area contributed by atoms with Crippen LogP contribution in [0.25, 0.3) is 0 Å². The number of nitrogens with one attached hydrogen (secondary N) is 1. The number of hydrogen-bond donors (Lipinski definition) is 1. The Kier molecular flexibility index (Phi) is 3.80. The molecule has 2 atom stereocenters. The van der Waals surface area contributed by atoms with Crippen LogP contribution in [0.15, 0.2) is 18.2 Å². The van der Waals surface area contributed by atoms with Crippen molar-refractivity contribution in [3.05, 3.63) is 46.1 Å². The lowest BCUT2D eigenvalue weighted by atomic mass is 9.97. The van der Waals surface area contributed by atoms with Gasteiger partial charge in [-0.15, -0.1) is 11.8 Å². The molecule has 0 amide bonds. The molecule has 4 nitrogen and oxygen atoms in total. The van der Waals surface area contributed by atoms with Gasteiger partial charge in [0.1, 0.15) is 5.82 Å². The Labute approximate surface area is 147 Å². The maximum Gasteiger partial charge on any atom is 0.128 e. The Balaban J connectivity index is 1.87. The number of benzene rings is 1. The van der Waals surface area contributed by atoms with Gasteiger partial charge in [0, 0.05) is 30.3 Å². The molecule has 124 valence electrons. The predicted octanol–water partition coefficient (Wildman–Crippen LogP) is 4.11. The average Bonchev–Trinajstić information content (AvgIpc) is 3.36. The summed E-state index contributed by atoms with van der Waals surface area (Å²) < 4.78 is 2.02. The quantitative estimate of drug-likeness (QED) is 0.895. The molecule has 0 spiro atoms. The van der Waals surface area contributed by atoms with Crippen LogP contribution in [0.4, 0.5) is 5.82 Å². The van der Waals surface area contributed by atoms with E-state index in [0.717, 1.165) is 12.1 Å². The van der Waals surface area contributed by atoms with Gasteiger partial charge in [0.25, 0.3) is 0 Å². The van der Waals surface area contributed by atoms with Crippen molar-refractivity contribution in [1.29, 1.82) is 5.26 Å². The minimum Gasteiger partial charge on any atom is -0.369 e. The van der Waals surface area contributed by atoms with Crippen LogP contribution in [0.3, 0.4) is 0 Å². The van der Waals surface area contributed by atoms with E-state index in [2.05, 4.69) is 31.3 Å². The van der Waals surface area contributed by atoms with Crippen LogP contribution < -0.4 is 5.32 Å². The molecule has 2 heterocycles. The highest BCUT2D eigenvalue weighted by Crippen LogP contribution is 2.51. The topological polar surface area (TPSA) is 53.6 Å². The number of rotatable bonds is 2. The number of hydrogen-bond acceptors (Lipinski definition) is 4. The van der Waals surface area contributed by atoms with Crippen LogP contribution >= 0.6 is 11.8 Å². The molecule has 1 aromatic carbocycles. The van der Waals surface area contributed by atoms with Gasteiger partial charge < -0.3 is 5.32 Å². The highest BCUT2D eigenvalue weighted by molar-refractivity contribution is 8.00. The zero-order chi connectivity index (χ0) is 16.8. The monoisotopic (exact) mass is 338 g/mol. The largest absolute Gasteiger partial charge is 0.369 e. The van der Waals surface area contributed by atoms with Crippen molar-refractivity contribution in [3.63, 3.8) is 0 Å². The molecule has 2 aliphatic rings. The number of fused-ring (bicyclic) bond motifs is 1. The molecular formula is C19H22N4S. The maximum atomic E-state index is 9.16. The van der Waals surface area contributed by atoms with Gasteiger partial charge in [0.05, 0.1) is 22.6 Å². The lowest BCUT2D eigenvalue weighted by Crippen LogP contribution is -2.13. The molecule has 0 saturated heterocycles. The van der Waals surface area contributed by atoms with E-state index in [1.54, 1.807) is 0 Å². The van der Waals surface area contributed by atoms with Gasteiger partial charge in [0.2, 0.25) is 0 Å². The summed E-state index contributed by atoms with van der Waals surface area (Å²) in [5, 5.41) is 18.4. The van der Waals surface area contributed by atoms with Gasteiger partial charge in [-0.3, -0.25) is 4.68 Å². The fourth-order valence-electron chi connectivity index (χ4n) is 3.54. The van der Waals surface area contributed by atoms with E-state index >= 15 is 0 Å². The first-order valence-electron chi connectivity index (χ1n) is 8.55. The zero-order valence-corrected chi connectivity index (χ0v) is 15.2. The molecular weight excluding hydrogens is 316 g/mol. The van der Waals surface area contributed by atoms with E-state index in [-0.39, 0.29) is 5.25 Å². The van der Waals surface area contributed by atoms with Crippen LogP contribution in [-0.2, 0) is 7.05 Å². The van der Waals surface area contributed by atoms with Gasteiger partial charge in [-0.1, -0.05) is 13.0 Å². The Morgan fingerprint density at radius 2 is 2.17 bits per heavy atom. The summed E-state index contributed by atoms with van der Waals surface area (Å²) in [6.07, 6.45) is 2.51. The maximum absolute atomic E-state index is 9.16. The van der Waals surface area contributed by atoms with E-state index < -0.39 is 0 Å². The molecule has 1 aliphatic carbocycles. The lowest BCUT2D eigenvalue weighted by Gasteiger charge is -2.20. The summed E-state index contributed by atoms with van der Waals surface area (Å²) >= 11 is 2.00. The second-order valence-corrected chi connectivity index (χ2v) is 8.48. The second kappa shape index (κ2) is 5.86. The highest BCUT2D eigenvalue weighted by atomic mass is 32.2. The first-order valence-corrected chi connectivity index (χ1v) is 9.49. The molecule has 24 heavy (non-hydrogen) atoms. The van der Waals surface area contributed by atoms with Gasteiger partial charge in [-0.25, -0.2) is 0 Å². The molecule has 4 rings (SSSR count). The number of nitrogens with zero attached hydrogens (tertiary/aromatic N) is 3. The number of aromatic nitrogens is 2. The van der Waals surface area contributed by atoms with Gasteiger partial charge in [0.15, 0.2) is 0 Å². The van der Waals surface area contributed by atoms with Crippen LogP contribution in [0, 0.1) is 18.3 Å². The van der Waals surface area contributed by atoms with Gasteiger partial charge in [-0.2, -0.15) is 10.4 Å². The summed E-state index contributed by atoms with van der Waals surface area (Å²) in [7, 11) is 2.04. The summed E-state index contributed by atoms with van der Waals surface area (Å²) in [4.78, 5) is 0. The standard InChI is InChI=1S/C19H22N4S/c1-11-8-13(9-20)4-7-15(11)18-16-17(14-5-6-14)22-23(3)19(16)21-10-12(2)24-18/h4,7-8,12,14,18,21H,5-6,10H2,1-3H3. The Hall–Kier alpha value is -1.93. The van der Waals surface area contributed by atoms with E-state index in [1.807, 2.05) is 35.6 Å². The molecule has 0 radical (unpaired) electrons. The number of thioether (sulfide) groups is 1. The van der Waals surface area contributed by atoms with E-state index in [9.17, 15) is 0 Å². The summed E-state index contributed by atoms with van der Waals surface area (Å²) in [5.41, 5.74) is 5.87. The minimum atomic E-state index is 0.280. The van der Waals surface area contributed by atoms with E-state index in [1.165, 1.54) is 41.0 Å². The van der Waals surface area contributed by atoms with Crippen LogP contribution in [0.5, 0.6) is 0 Å². The molecule has 1 N–H and O–H groups in total. The molecule has 1 aliphatic heterocycles. The molecule has 2 unspecified atom stereocenters. The van der Waals surface area contributed by atoms with Crippen molar-refractivity contribution in [1.82, 2.24) is 9.78 Å². The predicted molar refractivity (Wildman–Crippen MR) is 98.5 cm³/mol. The van der Waals surface area contributed by atoms with Gasteiger partial charge >= 0.3 is 0 Å². The first kappa shape index (κ1) is 15.6. The summed E-state index contributed by atoms with van der Waals surface area (Å²) in [6.45, 7) is 5.35. The molecule has 2 aromatic rings. The molecule has 0 bridgehead atoms. The highest BCUT2D eigenvalue weighted by Gasteiger charge is 2.37. The number of nitriles is 1. The fraction of sp³-hybridized carbons (Fsp3) is 0.474. The molecule has 1 fully saturated rings. The third-order valence-electron chi connectivity index (χ3n) is 4.95. The third kappa shape index (κ3) is 2.59.